The van der Waals surface area contributed by atoms with Crippen molar-refractivity contribution in [2.45, 2.75) is 0 Å². The number of hydrogen-bond acceptors (Lipinski definition) is 5. The lowest BCUT2D eigenvalue weighted by molar-refractivity contribution is -0.384. The molecule has 2 rings (SSSR count). The van der Waals surface area contributed by atoms with Gasteiger partial charge in [-0.3, -0.25) is 19.8 Å². The first-order chi connectivity index (χ1) is 8.89. The second kappa shape index (κ2) is 4.65. The number of sulfone groups is 1. The van der Waals surface area contributed by atoms with Crippen molar-refractivity contribution >= 4 is 21.4 Å². The zero-order chi connectivity index (χ0) is 14.0. The number of hydrogen-bond donors (Lipinski definition) is 0. The topological polar surface area (TPSA) is 97.6 Å². The minimum absolute atomic E-state index is 0.121. The van der Waals surface area contributed by atoms with E-state index in [2.05, 4.69) is 0 Å². The van der Waals surface area contributed by atoms with E-state index in [0.29, 0.717) is 0 Å². The molecule has 1 aromatic rings. The first-order valence-electron chi connectivity index (χ1n) is 5.08. The van der Waals surface area contributed by atoms with E-state index in [1.165, 1.54) is 24.3 Å². The zero-order valence-corrected chi connectivity index (χ0v) is 10.3. The van der Waals surface area contributed by atoms with Crippen molar-refractivity contribution in [3.63, 3.8) is 0 Å². The molecule has 0 bridgehead atoms. The average Bonchev–Trinajstić information content (AvgIpc) is 2.38. The fourth-order valence-corrected chi connectivity index (χ4v) is 2.10. The highest BCUT2D eigenvalue weighted by atomic mass is 32.2. The molecule has 0 atom stereocenters. The molecule has 19 heavy (non-hydrogen) atoms. The molecule has 1 aliphatic heterocycles. The van der Waals surface area contributed by atoms with Crippen molar-refractivity contribution in [1.29, 1.82) is 0 Å². The average molecular weight is 280 g/mol. The number of amides is 1. The molecule has 1 heterocycles. The van der Waals surface area contributed by atoms with Crippen molar-refractivity contribution in [3.05, 3.63) is 63.2 Å². The maximum Gasteiger partial charge on any atom is 0.269 e. The summed E-state index contributed by atoms with van der Waals surface area (Å²) >= 11 is 0. The molecule has 0 unspecified atom stereocenters. The molecule has 0 N–H and O–H groups in total. The summed E-state index contributed by atoms with van der Waals surface area (Å²) in [7, 11) is -3.39. The van der Waals surface area contributed by atoms with Crippen molar-refractivity contribution < 1.29 is 18.1 Å². The Morgan fingerprint density at radius 3 is 2.11 bits per heavy atom. The zero-order valence-electron chi connectivity index (χ0n) is 9.46. The van der Waals surface area contributed by atoms with Crippen LogP contribution in [-0.4, -0.2) is 24.1 Å². The molecule has 0 aromatic heterocycles. The summed E-state index contributed by atoms with van der Waals surface area (Å²) in [5.74, 6) is -0.475. The molecular weight excluding hydrogens is 272 g/mol. The summed E-state index contributed by atoms with van der Waals surface area (Å²) in [5.41, 5.74) is 0.100. The maximum absolute atomic E-state index is 12.0. The summed E-state index contributed by atoms with van der Waals surface area (Å²) < 4.78 is 22.2. The molecule has 0 radical (unpaired) electrons. The molecule has 0 saturated heterocycles. The minimum Gasteiger partial charge on any atom is -0.289 e. The fourth-order valence-electron chi connectivity index (χ4n) is 1.41. The summed E-state index contributed by atoms with van der Waals surface area (Å²) in [6.07, 6.45) is 2.25. The second-order valence-electron chi connectivity index (χ2n) is 3.68. The van der Waals surface area contributed by atoms with Crippen molar-refractivity contribution in [3.8, 4) is 0 Å². The lowest BCUT2D eigenvalue weighted by Gasteiger charge is -2.15. The number of nitro groups is 1. The lowest BCUT2D eigenvalue weighted by Crippen LogP contribution is -2.22. The van der Waals surface area contributed by atoms with Crippen molar-refractivity contribution in [2.75, 3.05) is 0 Å². The van der Waals surface area contributed by atoms with Gasteiger partial charge in [0.2, 0.25) is 0 Å². The molecule has 1 aromatic carbocycles. The largest absolute Gasteiger partial charge is 0.289 e. The fraction of sp³-hybridized carbons (Fsp3) is 0. The van der Waals surface area contributed by atoms with Crippen LogP contribution in [-0.2, 0) is 9.84 Å². The van der Waals surface area contributed by atoms with Crippen LogP contribution >= 0.6 is 0 Å². The van der Waals surface area contributed by atoms with Gasteiger partial charge in [0.1, 0.15) is 0 Å². The van der Waals surface area contributed by atoms with Crippen LogP contribution in [0.25, 0.3) is 0 Å². The van der Waals surface area contributed by atoms with Gasteiger partial charge in [0.25, 0.3) is 11.6 Å². The molecule has 0 fully saturated rings. The van der Waals surface area contributed by atoms with Crippen LogP contribution in [0.15, 0.2) is 47.5 Å². The standard InChI is InChI=1S/C11H8N2O5S/c14-11(12-5-7-19(17,18)8-6-12)9-1-3-10(4-2-9)13(15)16/h1-8H. The van der Waals surface area contributed by atoms with Gasteiger partial charge in [0.05, 0.1) is 15.7 Å². The van der Waals surface area contributed by atoms with Gasteiger partial charge in [-0.05, 0) is 12.1 Å². The highest BCUT2D eigenvalue weighted by Crippen LogP contribution is 2.15. The molecule has 1 amide bonds. The number of carbonyl (C=O) groups excluding carboxylic acids is 1. The van der Waals surface area contributed by atoms with Crippen LogP contribution in [0.5, 0.6) is 0 Å². The molecular formula is C11H8N2O5S. The number of nitrogens with zero attached hydrogens (tertiary/aromatic N) is 2. The highest BCUT2D eigenvalue weighted by Gasteiger charge is 2.17. The Labute approximate surface area is 108 Å². The Morgan fingerprint density at radius 1 is 1.11 bits per heavy atom. The third-order valence-electron chi connectivity index (χ3n) is 2.38. The van der Waals surface area contributed by atoms with Crippen molar-refractivity contribution in [1.82, 2.24) is 4.90 Å². The third kappa shape index (κ3) is 2.86. The van der Waals surface area contributed by atoms with E-state index >= 15 is 0 Å². The molecule has 98 valence electrons. The monoisotopic (exact) mass is 280 g/mol. The molecule has 0 aliphatic carbocycles. The number of nitro benzene ring substituents is 1. The Hall–Kier alpha value is -2.48. The summed E-state index contributed by atoms with van der Waals surface area (Å²) in [6.45, 7) is 0. The van der Waals surface area contributed by atoms with Gasteiger partial charge < -0.3 is 0 Å². The smallest absolute Gasteiger partial charge is 0.269 e. The molecule has 8 heteroatoms. The van der Waals surface area contributed by atoms with Gasteiger partial charge >= 0.3 is 0 Å². The molecule has 1 aliphatic rings. The Bertz CT molecular complexity index is 668. The Kier molecular flexibility index (Phi) is 3.17. The van der Waals surface area contributed by atoms with Crippen LogP contribution in [0.3, 0.4) is 0 Å². The van der Waals surface area contributed by atoms with E-state index in [0.717, 1.165) is 28.1 Å². The van der Waals surface area contributed by atoms with Gasteiger partial charge in [-0.2, -0.15) is 0 Å². The quantitative estimate of drug-likeness (QED) is 0.602. The van der Waals surface area contributed by atoms with E-state index in [-0.39, 0.29) is 11.3 Å². The van der Waals surface area contributed by atoms with E-state index in [1.54, 1.807) is 0 Å². The summed E-state index contributed by atoms with van der Waals surface area (Å²) in [5, 5.41) is 12.3. The van der Waals surface area contributed by atoms with Crippen LogP contribution in [0.4, 0.5) is 5.69 Å². The first-order valence-corrected chi connectivity index (χ1v) is 6.69. The van der Waals surface area contributed by atoms with Gasteiger partial charge in [-0.25, -0.2) is 8.42 Å². The minimum atomic E-state index is -3.39. The molecule has 7 nitrogen and oxygen atoms in total. The molecule has 0 saturated carbocycles. The van der Waals surface area contributed by atoms with Gasteiger partial charge in [0.15, 0.2) is 9.84 Å². The Balaban J connectivity index is 2.22. The van der Waals surface area contributed by atoms with Gasteiger partial charge in [0, 0.05) is 30.1 Å². The number of carbonyl (C=O) groups is 1. The SMILES string of the molecule is O=C(c1ccc([N+](=O)[O-])cc1)N1C=CS(=O)(=O)C=C1. The summed E-state index contributed by atoms with van der Waals surface area (Å²) in [4.78, 5) is 22.9. The van der Waals surface area contributed by atoms with Crippen LogP contribution < -0.4 is 0 Å². The van der Waals surface area contributed by atoms with Crippen molar-refractivity contribution in [2.24, 2.45) is 0 Å². The third-order valence-corrected chi connectivity index (χ3v) is 3.38. The first kappa shape index (κ1) is 13.0. The highest BCUT2D eigenvalue weighted by molar-refractivity contribution is 7.97. The maximum atomic E-state index is 12.0. The Morgan fingerprint density at radius 2 is 1.63 bits per heavy atom. The van der Waals surface area contributed by atoms with E-state index in [1.807, 2.05) is 0 Å². The van der Waals surface area contributed by atoms with E-state index < -0.39 is 20.7 Å². The molecule has 0 spiro atoms. The lowest BCUT2D eigenvalue weighted by atomic mass is 10.2. The van der Waals surface area contributed by atoms with Gasteiger partial charge in [-0.1, -0.05) is 0 Å². The van der Waals surface area contributed by atoms with Gasteiger partial charge in [-0.15, -0.1) is 0 Å². The van der Waals surface area contributed by atoms with E-state index in [4.69, 9.17) is 0 Å². The van der Waals surface area contributed by atoms with Crippen LogP contribution in [0.1, 0.15) is 10.4 Å². The van der Waals surface area contributed by atoms with E-state index in [9.17, 15) is 23.3 Å². The number of rotatable bonds is 2. The number of non-ortho nitro benzene ring substituents is 1. The second-order valence-corrected chi connectivity index (χ2v) is 5.40. The predicted molar refractivity (Wildman–Crippen MR) is 66.5 cm³/mol. The normalized spacial score (nSPS) is 16.3. The van der Waals surface area contributed by atoms with Crippen LogP contribution in [0, 0.1) is 10.1 Å². The summed E-state index contributed by atoms with van der Waals surface area (Å²) in [6, 6.07) is 5.04. The van der Waals surface area contributed by atoms with Crippen LogP contribution in [0.2, 0.25) is 0 Å². The number of benzene rings is 1. The predicted octanol–water partition coefficient (Wildman–Crippen LogP) is 1.41.